The Morgan fingerprint density at radius 2 is 1.86 bits per heavy atom. The maximum atomic E-state index is 9.81. The molecule has 0 bridgehead atoms. The summed E-state index contributed by atoms with van der Waals surface area (Å²) < 4.78 is 0. The number of thiazole rings is 1. The standard InChI is InChI=1S/C18H19N3.C4H3NOS/c1-12-4-5-13(2)16(10-12)18-20-11-17(21-18)14-6-8-15(19-3)9-7-14;6-1-4-2-7-3-5-4/h4-11,19H,1-3H3,(H,20,21);1-3H. The molecule has 0 amide bonds. The molecule has 0 atom stereocenters. The summed E-state index contributed by atoms with van der Waals surface area (Å²) in [5, 5.41) is 4.83. The van der Waals surface area contributed by atoms with Gasteiger partial charge in [-0.2, -0.15) is 0 Å². The summed E-state index contributed by atoms with van der Waals surface area (Å²) in [6.07, 6.45) is 2.63. The molecule has 2 aromatic carbocycles. The van der Waals surface area contributed by atoms with E-state index in [2.05, 4.69) is 76.6 Å². The van der Waals surface area contributed by atoms with Gasteiger partial charge in [-0.25, -0.2) is 9.97 Å². The van der Waals surface area contributed by atoms with Gasteiger partial charge in [0.05, 0.1) is 17.4 Å². The maximum absolute atomic E-state index is 9.81. The Bertz CT molecular complexity index is 1040. The lowest BCUT2D eigenvalue weighted by molar-refractivity contribution is 0.111. The number of carbonyl (C=O) groups excluding carboxylic acids is 1. The molecule has 142 valence electrons. The normalized spacial score (nSPS) is 10.1. The van der Waals surface area contributed by atoms with Crippen molar-refractivity contribution in [2.75, 3.05) is 12.4 Å². The summed E-state index contributed by atoms with van der Waals surface area (Å²) in [4.78, 5) is 21.5. The molecule has 4 rings (SSSR count). The quantitative estimate of drug-likeness (QED) is 0.460. The van der Waals surface area contributed by atoms with Crippen LogP contribution < -0.4 is 5.32 Å². The summed E-state index contributed by atoms with van der Waals surface area (Å²) in [6, 6.07) is 14.7. The van der Waals surface area contributed by atoms with Crippen LogP contribution in [0.25, 0.3) is 22.6 Å². The average Bonchev–Trinajstić information content (AvgIpc) is 3.42. The molecule has 6 heteroatoms. The molecule has 0 fully saturated rings. The number of carbonyl (C=O) groups is 1. The molecular formula is C22H22N4OS. The van der Waals surface area contributed by atoms with E-state index in [4.69, 9.17) is 0 Å². The highest BCUT2D eigenvalue weighted by molar-refractivity contribution is 7.07. The minimum Gasteiger partial charge on any atom is -0.388 e. The lowest BCUT2D eigenvalue weighted by atomic mass is 10.1. The zero-order valence-corrected chi connectivity index (χ0v) is 16.9. The summed E-state index contributed by atoms with van der Waals surface area (Å²) in [6.45, 7) is 4.21. The van der Waals surface area contributed by atoms with Crippen LogP contribution in [0.15, 0.2) is 59.6 Å². The number of aldehydes is 1. The first-order valence-electron chi connectivity index (χ1n) is 8.85. The van der Waals surface area contributed by atoms with Crippen molar-refractivity contribution >= 4 is 23.3 Å². The third kappa shape index (κ3) is 4.72. The number of hydrogen-bond donors (Lipinski definition) is 2. The Morgan fingerprint density at radius 1 is 1.07 bits per heavy atom. The van der Waals surface area contributed by atoms with Gasteiger partial charge in [-0.1, -0.05) is 29.8 Å². The number of imidazole rings is 1. The Balaban J connectivity index is 0.000000271. The number of aryl methyl sites for hydroxylation is 2. The van der Waals surface area contributed by atoms with E-state index >= 15 is 0 Å². The lowest BCUT2D eigenvalue weighted by Gasteiger charge is -2.04. The Morgan fingerprint density at radius 3 is 2.46 bits per heavy atom. The number of H-pyrrole nitrogens is 1. The van der Waals surface area contributed by atoms with Crippen LogP contribution in [-0.4, -0.2) is 28.3 Å². The summed E-state index contributed by atoms with van der Waals surface area (Å²) >= 11 is 1.42. The first-order valence-corrected chi connectivity index (χ1v) is 9.79. The number of nitrogens with zero attached hydrogens (tertiary/aromatic N) is 2. The predicted molar refractivity (Wildman–Crippen MR) is 116 cm³/mol. The van der Waals surface area contributed by atoms with Gasteiger partial charge in [0.2, 0.25) is 0 Å². The van der Waals surface area contributed by atoms with E-state index in [1.165, 1.54) is 22.5 Å². The minimum atomic E-state index is 0.519. The fourth-order valence-electron chi connectivity index (χ4n) is 2.69. The Labute approximate surface area is 168 Å². The van der Waals surface area contributed by atoms with E-state index in [9.17, 15) is 4.79 Å². The van der Waals surface area contributed by atoms with Gasteiger partial charge in [0.1, 0.15) is 11.5 Å². The van der Waals surface area contributed by atoms with Gasteiger partial charge >= 0.3 is 0 Å². The molecule has 0 aliphatic carbocycles. The summed E-state index contributed by atoms with van der Waals surface area (Å²) in [5.41, 5.74) is 9.06. The van der Waals surface area contributed by atoms with Gasteiger partial charge < -0.3 is 10.3 Å². The monoisotopic (exact) mass is 390 g/mol. The van der Waals surface area contributed by atoms with Crippen molar-refractivity contribution in [1.29, 1.82) is 0 Å². The topological polar surface area (TPSA) is 70.7 Å². The zero-order chi connectivity index (χ0) is 19.9. The molecule has 2 aromatic heterocycles. The van der Waals surface area contributed by atoms with Gasteiger partial charge in [-0.3, -0.25) is 4.79 Å². The van der Waals surface area contributed by atoms with Crippen molar-refractivity contribution in [2.24, 2.45) is 0 Å². The summed E-state index contributed by atoms with van der Waals surface area (Å²) in [7, 11) is 1.92. The molecular weight excluding hydrogens is 368 g/mol. The fourth-order valence-corrected chi connectivity index (χ4v) is 3.19. The van der Waals surface area contributed by atoms with Crippen molar-refractivity contribution in [3.8, 4) is 22.6 Å². The predicted octanol–water partition coefficient (Wildman–Crippen LogP) is 5.36. The smallest absolute Gasteiger partial charge is 0.169 e. The van der Waals surface area contributed by atoms with Crippen LogP contribution in [0, 0.1) is 13.8 Å². The van der Waals surface area contributed by atoms with Gasteiger partial charge in [0, 0.05) is 23.7 Å². The molecule has 4 aromatic rings. The highest BCUT2D eigenvalue weighted by Gasteiger charge is 2.08. The third-order valence-corrected chi connectivity index (χ3v) is 4.89. The minimum absolute atomic E-state index is 0.519. The van der Waals surface area contributed by atoms with Crippen LogP contribution in [0.4, 0.5) is 5.69 Å². The molecule has 2 heterocycles. The summed E-state index contributed by atoms with van der Waals surface area (Å²) in [5.74, 6) is 0.920. The van der Waals surface area contributed by atoms with E-state index in [1.54, 1.807) is 10.9 Å². The molecule has 0 saturated carbocycles. The first-order chi connectivity index (χ1) is 13.6. The number of aromatic nitrogens is 3. The average molecular weight is 391 g/mol. The number of anilines is 1. The molecule has 0 spiro atoms. The van der Waals surface area contributed by atoms with Crippen LogP contribution in [0.1, 0.15) is 21.6 Å². The van der Waals surface area contributed by atoms with E-state index < -0.39 is 0 Å². The Hall–Kier alpha value is -3.25. The zero-order valence-electron chi connectivity index (χ0n) is 16.1. The molecule has 0 unspecified atom stereocenters. The van der Waals surface area contributed by atoms with Gasteiger partial charge in [0.25, 0.3) is 0 Å². The van der Waals surface area contributed by atoms with Crippen molar-refractivity contribution in [1.82, 2.24) is 15.0 Å². The molecule has 5 nitrogen and oxygen atoms in total. The Kier molecular flexibility index (Phi) is 6.34. The molecule has 2 N–H and O–H groups in total. The second-order valence-corrected chi connectivity index (χ2v) is 7.04. The van der Waals surface area contributed by atoms with Crippen LogP contribution in [0.5, 0.6) is 0 Å². The number of aromatic amines is 1. The largest absolute Gasteiger partial charge is 0.388 e. The van der Waals surface area contributed by atoms with Crippen LogP contribution in [0.3, 0.4) is 0 Å². The maximum Gasteiger partial charge on any atom is 0.169 e. The fraction of sp³-hybridized carbons (Fsp3) is 0.136. The van der Waals surface area contributed by atoms with E-state index in [0.717, 1.165) is 34.6 Å². The van der Waals surface area contributed by atoms with Gasteiger partial charge in [-0.15, -0.1) is 11.3 Å². The molecule has 0 aliphatic heterocycles. The number of nitrogens with one attached hydrogen (secondary N) is 2. The first kappa shape index (κ1) is 19.5. The lowest BCUT2D eigenvalue weighted by Crippen LogP contribution is -1.88. The highest BCUT2D eigenvalue weighted by Crippen LogP contribution is 2.26. The van der Waals surface area contributed by atoms with Gasteiger partial charge in [0.15, 0.2) is 6.29 Å². The molecule has 0 radical (unpaired) electrons. The van der Waals surface area contributed by atoms with Crippen LogP contribution in [0.2, 0.25) is 0 Å². The third-order valence-electron chi connectivity index (χ3n) is 4.28. The molecule has 28 heavy (non-hydrogen) atoms. The SMILES string of the molecule is CNc1ccc(-c2cnc(-c3cc(C)ccc3C)[nH]2)cc1.O=Cc1cscn1. The van der Waals surface area contributed by atoms with Crippen LogP contribution >= 0.6 is 11.3 Å². The van der Waals surface area contributed by atoms with E-state index in [-0.39, 0.29) is 0 Å². The van der Waals surface area contributed by atoms with Crippen molar-refractivity contribution in [2.45, 2.75) is 13.8 Å². The second-order valence-electron chi connectivity index (χ2n) is 6.32. The molecule has 0 aliphatic rings. The van der Waals surface area contributed by atoms with E-state index in [1.807, 2.05) is 13.2 Å². The number of rotatable bonds is 4. The van der Waals surface area contributed by atoms with Crippen molar-refractivity contribution in [3.05, 3.63) is 76.4 Å². The van der Waals surface area contributed by atoms with Gasteiger partial charge in [-0.05, 0) is 43.2 Å². The second kappa shape index (κ2) is 9.10. The van der Waals surface area contributed by atoms with Crippen molar-refractivity contribution < 1.29 is 4.79 Å². The van der Waals surface area contributed by atoms with Crippen LogP contribution in [-0.2, 0) is 0 Å². The van der Waals surface area contributed by atoms with E-state index in [0.29, 0.717) is 5.69 Å². The number of hydrogen-bond acceptors (Lipinski definition) is 5. The highest BCUT2D eigenvalue weighted by atomic mass is 32.1. The number of benzene rings is 2. The molecule has 0 saturated heterocycles. The van der Waals surface area contributed by atoms with Crippen molar-refractivity contribution in [3.63, 3.8) is 0 Å².